The van der Waals surface area contributed by atoms with Gasteiger partial charge in [0.2, 0.25) is 5.13 Å². The first-order valence-corrected chi connectivity index (χ1v) is 8.19. The van der Waals surface area contributed by atoms with Gasteiger partial charge in [0.1, 0.15) is 0 Å². The molecule has 19 heavy (non-hydrogen) atoms. The van der Waals surface area contributed by atoms with Gasteiger partial charge in [-0.3, -0.25) is 9.69 Å². The highest BCUT2D eigenvalue weighted by Gasteiger charge is 2.31. The van der Waals surface area contributed by atoms with E-state index in [1.807, 2.05) is 0 Å². The van der Waals surface area contributed by atoms with Crippen LogP contribution in [-0.4, -0.2) is 64.1 Å². The summed E-state index contributed by atoms with van der Waals surface area (Å²) in [6.07, 6.45) is 2.57. The van der Waals surface area contributed by atoms with E-state index in [0.29, 0.717) is 6.04 Å². The molecular weight excluding hydrogens is 284 g/mol. The lowest BCUT2D eigenvalue weighted by Gasteiger charge is -2.37. The molecule has 104 valence electrons. The van der Waals surface area contributed by atoms with E-state index in [1.165, 1.54) is 42.5 Å². The molecule has 0 saturated carbocycles. The summed E-state index contributed by atoms with van der Waals surface area (Å²) in [6.45, 7) is 4.35. The first kappa shape index (κ1) is 13.1. The highest BCUT2D eigenvalue weighted by molar-refractivity contribution is 8.01. The maximum atomic E-state index is 10.5. The van der Waals surface area contributed by atoms with E-state index in [1.54, 1.807) is 0 Å². The van der Waals surface area contributed by atoms with E-state index < -0.39 is 5.97 Å². The molecule has 6 nitrogen and oxygen atoms in total. The first-order chi connectivity index (χ1) is 9.22. The Hall–Kier alpha value is -0.860. The van der Waals surface area contributed by atoms with Crippen LogP contribution in [0, 0.1) is 0 Å². The summed E-state index contributed by atoms with van der Waals surface area (Å²) in [5, 5.41) is 17.8. The van der Waals surface area contributed by atoms with Crippen molar-refractivity contribution in [2.24, 2.45) is 0 Å². The summed E-state index contributed by atoms with van der Waals surface area (Å²) in [4.78, 5) is 15.4. The van der Waals surface area contributed by atoms with Crippen molar-refractivity contribution in [1.82, 2.24) is 15.1 Å². The Labute approximate surface area is 119 Å². The maximum absolute atomic E-state index is 10.5. The lowest BCUT2D eigenvalue weighted by Crippen LogP contribution is -2.50. The zero-order chi connectivity index (χ0) is 13.2. The topological polar surface area (TPSA) is 69.6 Å². The Morgan fingerprint density at radius 3 is 3.16 bits per heavy atom. The van der Waals surface area contributed by atoms with E-state index in [2.05, 4.69) is 20.0 Å². The number of rotatable bonds is 4. The van der Waals surface area contributed by atoms with Crippen LogP contribution in [0.25, 0.3) is 0 Å². The highest BCUT2D eigenvalue weighted by atomic mass is 32.2. The fourth-order valence-electron chi connectivity index (χ4n) is 2.68. The zero-order valence-electron chi connectivity index (χ0n) is 10.5. The smallest absolute Gasteiger partial charge is 0.313 e. The van der Waals surface area contributed by atoms with Crippen LogP contribution in [0.1, 0.15) is 12.8 Å². The molecule has 2 fully saturated rings. The van der Waals surface area contributed by atoms with Gasteiger partial charge >= 0.3 is 5.97 Å². The molecule has 2 aliphatic rings. The van der Waals surface area contributed by atoms with E-state index in [4.69, 9.17) is 5.11 Å². The molecular formula is C11H16N4O2S2. The van der Waals surface area contributed by atoms with Crippen molar-refractivity contribution in [2.45, 2.75) is 23.2 Å². The minimum Gasteiger partial charge on any atom is -0.481 e. The molecule has 2 saturated heterocycles. The monoisotopic (exact) mass is 300 g/mol. The fraction of sp³-hybridized carbons (Fsp3) is 0.727. The van der Waals surface area contributed by atoms with Gasteiger partial charge in [0.15, 0.2) is 4.34 Å². The molecule has 1 aromatic heterocycles. The molecule has 0 spiro atoms. The van der Waals surface area contributed by atoms with Gasteiger partial charge in [-0.05, 0) is 19.4 Å². The van der Waals surface area contributed by atoms with E-state index in [-0.39, 0.29) is 5.75 Å². The van der Waals surface area contributed by atoms with Gasteiger partial charge in [0.05, 0.1) is 5.75 Å². The van der Waals surface area contributed by atoms with Crippen LogP contribution in [-0.2, 0) is 4.79 Å². The minimum absolute atomic E-state index is 0.0467. The standard InChI is InChI=1S/C11H16N4O2S2/c16-9(17)7-18-11-13-12-10(19-11)15-5-4-14-3-1-2-8(14)6-15/h8H,1-7H2,(H,16,17). The van der Waals surface area contributed by atoms with Crippen LogP contribution in [0.2, 0.25) is 0 Å². The number of hydrogen-bond donors (Lipinski definition) is 1. The van der Waals surface area contributed by atoms with E-state index in [0.717, 1.165) is 29.1 Å². The average molecular weight is 300 g/mol. The Balaban J connectivity index is 1.61. The molecule has 3 rings (SSSR count). The molecule has 3 heterocycles. The number of carboxylic acids is 1. The second-order valence-electron chi connectivity index (χ2n) is 4.81. The van der Waals surface area contributed by atoms with Gasteiger partial charge < -0.3 is 10.0 Å². The molecule has 1 atom stereocenters. The second kappa shape index (κ2) is 5.64. The van der Waals surface area contributed by atoms with Crippen LogP contribution in [0.4, 0.5) is 5.13 Å². The van der Waals surface area contributed by atoms with Crippen LogP contribution in [0.15, 0.2) is 4.34 Å². The predicted octanol–water partition coefficient (Wildman–Crippen LogP) is 0.999. The maximum Gasteiger partial charge on any atom is 0.313 e. The summed E-state index contributed by atoms with van der Waals surface area (Å²) in [6, 6.07) is 0.660. The lowest BCUT2D eigenvalue weighted by atomic mass is 10.2. The molecule has 0 amide bonds. The first-order valence-electron chi connectivity index (χ1n) is 6.39. The molecule has 0 aliphatic carbocycles. The van der Waals surface area contributed by atoms with Gasteiger partial charge in [0, 0.05) is 25.7 Å². The van der Waals surface area contributed by atoms with Gasteiger partial charge in [-0.1, -0.05) is 23.1 Å². The molecule has 0 bridgehead atoms. The van der Waals surface area contributed by atoms with Crippen LogP contribution < -0.4 is 4.90 Å². The number of carbonyl (C=O) groups is 1. The average Bonchev–Trinajstić information content (AvgIpc) is 3.04. The van der Waals surface area contributed by atoms with Crippen molar-refractivity contribution in [3.8, 4) is 0 Å². The zero-order valence-corrected chi connectivity index (χ0v) is 12.1. The molecule has 0 aromatic carbocycles. The summed E-state index contributed by atoms with van der Waals surface area (Å²) in [7, 11) is 0. The number of thioether (sulfide) groups is 1. The number of piperazine rings is 1. The minimum atomic E-state index is -0.818. The van der Waals surface area contributed by atoms with Crippen molar-refractivity contribution in [2.75, 3.05) is 36.8 Å². The van der Waals surface area contributed by atoms with Crippen LogP contribution in [0.3, 0.4) is 0 Å². The SMILES string of the molecule is O=C(O)CSc1nnc(N2CCN3CCCC3C2)s1. The van der Waals surface area contributed by atoms with Crippen molar-refractivity contribution in [1.29, 1.82) is 0 Å². The van der Waals surface area contributed by atoms with E-state index in [9.17, 15) is 4.79 Å². The third-order valence-corrected chi connectivity index (χ3v) is 5.67. The molecule has 0 radical (unpaired) electrons. The number of hydrogen-bond acceptors (Lipinski definition) is 7. The summed E-state index contributed by atoms with van der Waals surface area (Å²) >= 11 is 2.74. The van der Waals surface area contributed by atoms with Crippen molar-refractivity contribution in [3.63, 3.8) is 0 Å². The number of fused-ring (bicyclic) bond motifs is 1. The summed E-state index contributed by atoms with van der Waals surface area (Å²) in [5.74, 6) is -0.772. The van der Waals surface area contributed by atoms with Crippen molar-refractivity contribution in [3.05, 3.63) is 0 Å². The van der Waals surface area contributed by atoms with Crippen molar-refractivity contribution < 1.29 is 9.90 Å². The van der Waals surface area contributed by atoms with Gasteiger partial charge in [-0.25, -0.2) is 0 Å². The largest absolute Gasteiger partial charge is 0.481 e. The lowest BCUT2D eigenvalue weighted by molar-refractivity contribution is -0.133. The third kappa shape index (κ3) is 3.01. The number of carboxylic acid groups (broad SMARTS) is 1. The van der Waals surface area contributed by atoms with Crippen LogP contribution >= 0.6 is 23.1 Å². The number of anilines is 1. The quantitative estimate of drug-likeness (QED) is 0.832. The second-order valence-corrected chi connectivity index (χ2v) is 6.99. The highest BCUT2D eigenvalue weighted by Crippen LogP contribution is 2.31. The summed E-state index contributed by atoms with van der Waals surface area (Å²) < 4.78 is 0.742. The normalized spacial score (nSPS) is 23.6. The number of aromatic nitrogens is 2. The Morgan fingerprint density at radius 2 is 2.32 bits per heavy atom. The van der Waals surface area contributed by atoms with Crippen LogP contribution in [0.5, 0.6) is 0 Å². The van der Waals surface area contributed by atoms with Gasteiger partial charge in [-0.2, -0.15) is 0 Å². The molecule has 1 unspecified atom stereocenters. The van der Waals surface area contributed by atoms with E-state index >= 15 is 0 Å². The fourth-order valence-corrected chi connectivity index (χ4v) is 4.27. The third-order valence-electron chi connectivity index (χ3n) is 3.57. The Bertz CT molecular complexity index is 467. The molecule has 8 heteroatoms. The Morgan fingerprint density at radius 1 is 1.42 bits per heavy atom. The van der Waals surface area contributed by atoms with Gasteiger partial charge in [-0.15, -0.1) is 10.2 Å². The number of nitrogens with zero attached hydrogens (tertiary/aromatic N) is 4. The van der Waals surface area contributed by atoms with Crippen molar-refractivity contribution >= 4 is 34.2 Å². The Kier molecular flexibility index (Phi) is 3.90. The van der Waals surface area contributed by atoms with Gasteiger partial charge in [0.25, 0.3) is 0 Å². The molecule has 1 N–H and O–H groups in total. The predicted molar refractivity (Wildman–Crippen MR) is 75.1 cm³/mol. The molecule has 1 aromatic rings. The molecule has 2 aliphatic heterocycles. The summed E-state index contributed by atoms with van der Waals surface area (Å²) in [5.41, 5.74) is 0. The number of aliphatic carboxylic acids is 1.